The summed E-state index contributed by atoms with van der Waals surface area (Å²) in [5, 5.41) is 2.73. The highest BCUT2D eigenvalue weighted by Gasteiger charge is 2.17. The van der Waals surface area contributed by atoms with E-state index in [4.69, 9.17) is 0 Å². The number of benzene rings is 1. The number of ether oxygens (including phenoxy) is 1. The molecule has 2 heterocycles. The lowest BCUT2D eigenvalue weighted by molar-refractivity contribution is -0.140. The van der Waals surface area contributed by atoms with Gasteiger partial charge >= 0.3 is 5.97 Å². The number of methoxy groups -OCH3 is 1. The van der Waals surface area contributed by atoms with E-state index in [9.17, 15) is 9.59 Å². The van der Waals surface area contributed by atoms with Gasteiger partial charge in [-0.15, -0.1) is 11.3 Å². The van der Waals surface area contributed by atoms with E-state index in [2.05, 4.69) is 27.9 Å². The monoisotopic (exact) mass is 396 g/mol. The summed E-state index contributed by atoms with van der Waals surface area (Å²) in [4.78, 5) is 30.1. The van der Waals surface area contributed by atoms with Crippen molar-refractivity contribution >= 4 is 27.5 Å². The lowest BCUT2D eigenvalue weighted by Crippen LogP contribution is -2.24. The number of esters is 1. The van der Waals surface area contributed by atoms with Crippen LogP contribution in [-0.4, -0.2) is 22.6 Å². The number of aryl methyl sites for hydroxylation is 3. The van der Waals surface area contributed by atoms with E-state index >= 15 is 0 Å². The highest BCUT2D eigenvalue weighted by Crippen LogP contribution is 2.33. The van der Waals surface area contributed by atoms with Gasteiger partial charge in [-0.25, -0.2) is 4.98 Å². The molecular weight excluding hydrogens is 372 g/mol. The van der Waals surface area contributed by atoms with Crippen molar-refractivity contribution in [1.82, 2.24) is 9.55 Å². The molecule has 146 valence electrons. The molecule has 5 nitrogen and oxygen atoms in total. The minimum atomic E-state index is -0.259. The summed E-state index contributed by atoms with van der Waals surface area (Å²) in [6, 6.07) is 6.59. The van der Waals surface area contributed by atoms with Gasteiger partial charge in [0.1, 0.15) is 10.7 Å². The number of carbonyl (C=O) groups is 1. The van der Waals surface area contributed by atoms with Gasteiger partial charge < -0.3 is 4.74 Å². The van der Waals surface area contributed by atoms with Gasteiger partial charge in [0.2, 0.25) is 0 Å². The smallest absolute Gasteiger partial charge is 0.305 e. The third kappa shape index (κ3) is 3.49. The molecule has 0 aliphatic heterocycles. The minimum absolute atomic E-state index is 0.0265. The van der Waals surface area contributed by atoms with E-state index in [1.165, 1.54) is 42.4 Å². The van der Waals surface area contributed by atoms with Crippen LogP contribution < -0.4 is 5.56 Å². The van der Waals surface area contributed by atoms with Crippen LogP contribution in [0.15, 0.2) is 28.4 Å². The van der Waals surface area contributed by atoms with E-state index < -0.39 is 0 Å². The van der Waals surface area contributed by atoms with Crippen LogP contribution in [0.3, 0.4) is 0 Å². The van der Waals surface area contributed by atoms with Crippen LogP contribution in [-0.2, 0) is 28.9 Å². The molecule has 0 fully saturated rings. The van der Waals surface area contributed by atoms with Gasteiger partial charge in [0.25, 0.3) is 5.56 Å². The Hall–Kier alpha value is -2.47. The summed E-state index contributed by atoms with van der Waals surface area (Å²) >= 11 is 1.52. The first kappa shape index (κ1) is 18.9. The van der Waals surface area contributed by atoms with Crippen LogP contribution in [0.4, 0.5) is 0 Å². The molecule has 28 heavy (non-hydrogen) atoms. The second-order valence-electron chi connectivity index (χ2n) is 7.32. The quantitative estimate of drug-likeness (QED) is 0.605. The molecule has 2 aromatic heterocycles. The zero-order chi connectivity index (χ0) is 19.7. The first-order valence-electron chi connectivity index (χ1n) is 9.76. The van der Waals surface area contributed by atoms with Crippen molar-refractivity contribution in [1.29, 1.82) is 0 Å². The van der Waals surface area contributed by atoms with Crippen LogP contribution in [0.2, 0.25) is 0 Å². The van der Waals surface area contributed by atoms with Crippen molar-refractivity contribution in [2.24, 2.45) is 0 Å². The van der Waals surface area contributed by atoms with Gasteiger partial charge in [0, 0.05) is 23.9 Å². The fourth-order valence-electron chi connectivity index (χ4n) is 3.99. The number of carbonyl (C=O) groups excluding carboxylic acids is 1. The summed E-state index contributed by atoms with van der Waals surface area (Å²) in [6.07, 6.45) is 5.59. The third-order valence-electron chi connectivity index (χ3n) is 5.53. The zero-order valence-corrected chi connectivity index (χ0v) is 17.1. The Morgan fingerprint density at radius 2 is 2.04 bits per heavy atom. The van der Waals surface area contributed by atoms with Gasteiger partial charge in [-0.1, -0.05) is 18.2 Å². The second-order valence-corrected chi connectivity index (χ2v) is 8.17. The molecule has 0 saturated heterocycles. The Labute approximate surface area is 168 Å². The molecule has 0 N–H and O–H groups in total. The van der Waals surface area contributed by atoms with Crippen LogP contribution in [0, 0.1) is 6.92 Å². The molecular formula is C22H24N2O3S. The normalized spacial score (nSPS) is 13.5. The number of rotatable bonds is 5. The van der Waals surface area contributed by atoms with Crippen molar-refractivity contribution in [3.05, 3.63) is 50.9 Å². The van der Waals surface area contributed by atoms with Gasteiger partial charge in [0.05, 0.1) is 12.5 Å². The summed E-state index contributed by atoms with van der Waals surface area (Å²) < 4.78 is 6.37. The lowest BCUT2D eigenvalue weighted by Gasteiger charge is -2.16. The molecule has 0 spiro atoms. The Kier molecular flexibility index (Phi) is 5.31. The zero-order valence-electron chi connectivity index (χ0n) is 16.3. The Morgan fingerprint density at radius 1 is 1.25 bits per heavy atom. The molecule has 6 heteroatoms. The predicted molar refractivity (Wildman–Crippen MR) is 112 cm³/mol. The molecule has 0 saturated carbocycles. The standard InChI is InChI=1S/C22H24N2O3S/c1-14-23-21-20(22(26)24(14)11-5-8-19(25)27-2)18(13-28-21)17-10-9-15-6-3-4-7-16(15)12-17/h9-10,12-13H,3-8,11H2,1-2H3. The Morgan fingerprint density at radius 3 is 2.82 bits per heavy atom. The fraction of sp³-hybridized carbons (Fsp3) is 0.409. The van der Waals surface area contributed by atoms with Crippen molar-refractivity contribution < 1.29 is 9.53 Å². The molecule has 3 aromatic rings. The Balaban J connectivity index is 1.73. The third-order valence-corrected chi connectivity index (χ3v) is 6.41. The van der Waals surface area contributed by atoms with Crippen LogP contribution in [0.1, 0.15) is 42.6 Å². The molecule has 1 aliphatic rings. The molecule has 0 unspecified atom stereocenters. The first-order chi connectivity index (χ1) is 13.6. The molecule has 1 aromatic carbocycles. The van der Waals surface area contributed by atoms with Gasteiger partial charge in [-0.2, -0.15) is 0 Å². The van der Waals surface area contributed by atoms with E-state index in [1.807, 2.05) is 12.3 Å². The molecule has 0 radical (unpaired) electrons. The highest BCUT2D eigenvalue weighted by atomic mass is 32.1. The van der Waals surface area contributed by atoms with Gasteiger partial charge in [0.15, 0.2) is 0 Å². The minimum Gasteiger partial charge on any atom is -0.469 e. The molecule has 0 amide bonds. The van der Waals surface area contributed by atoms with Crippen LogP contribution in [0.5, 0.6) is 0 Å². The average Bonchev–Trinajstić information content (AvgIpc) is 3.13. The molecule has 0 bridgehead atoms. The number of thiophene rings is 1. The molecule has 0 atom stereocenters. The van der Waals surface area contributed by atoms with Gasteiger partial charge in [-0.05, 0) is 55.7 Å². The summed E-state index contributed by atoms with van der Waals surface area (Å²) in [6.45, 7) is 2.31. The topological polar surface area (TPSA) is 61.2 Å². The van der Waals surface area contributed by atoms with Gasteiger partial charge in [-0.3, -0.25) is 14.2 Å². The fourth-order valence-corrected chi connectivity index (χ4v) is 4.97. The molecule has 4 rings (SSSR count). The van der Waals surface area contributed by atoms with Crippen LogP contribution in [0.25, 0.3) is 21.3 Å². The maximum Gasteiger partial charge on any atom is 0.305 e. The average molecular weight is 397 g/mol. The molecule has 1 aliphatic carbocycles. The number of hydrogen-bond donors (Lipinski definition) is 0. The van der Waals surface area contributed by atoms with Crippen molar-refractivity contribution in [3.8, 4) is 11.1 Å². The predicted octanol–water partition coefficient (Wildman–Crippen LogP) is 4.27. The van der Waals surface area contributed by atoms with E-state index in [0.717, 1.165) is 28.8 Å². The SMILES string of the molecule is COC(=O)CCCn1c(C)nc2scc(-c3ccc4c(c3)CCCC4)c2c1=O. The van der Waals surface area contributed by atoms with Crippen molar-refractivity contribution in [2.75, 3.05) is 7.11 Å². The van der Waals surface area contributed by atoms with E-state index in [1.54, 1.807) is 4.57 Å². The maximum absolute atomic E-state index is 13.3. The van der Waals surface area contributed by atoms with Crippen molar-refractivity contribution in [2.45, 2.75) is 52.0 Å². The maximum atomic E-state index is 13.3. The summed E-state index contributed by atoms with van der Waals surface area (Å²) in [7, 11) is 1.38. The number of hydrogen-bond acceptors (Lipinski definition) is 5. The number of aromatic nitrogens is 2. The van der Waals surface area contributed by atoms with E-state index in [-0.39, 0.29) is 11.5 Å². The Bertz CT molecular complexity index is 1100. The number of nitrogens with zero attached hydrogens (tertiary/aromatic N) is 2. The first-order valence-corrected chi connectivity index (χ1v) is 10.6. The van der Waals surface area contributed by atoms with Crippen molar-refractivity contribution in [3.63, 3.8) is 0 Å². The second kappa shape index (κ2) is 7.87. The highest BCUT2D eigenvalue weighted by molar-refractivity contribution is 7.17. The lowest BCUT2D eigenvalue weighted by atomic mass is 9.89. The van der Waals surface area contributed by atoms with Crippen LogP contribution >= 0.6 is 11.3 Å². The van der Waals surface area contributed by atoms with E-state index in [0.29, 0.717) is 30.6 Å². The summed E-state index contributed by atoms with van der Waals surface area (Å²) in [5.74, 6) is 0.422. The largest absolute Gasteiger partial charge is 0.469 e. The number of fused-ring (bicyclic) bond motifs is 2. The summed E-state index contributed by atoms with van der Waals surface area (Å²) in [5.41, 5.74) is 4.87.